The number of hydrogen-bond donors (Lipinski definition) is 2. The summed E-state index contributed by atoms with van der Waals surface area (Å²) in [7, 11) is 0. The number of nitrogens with one attached hydrogen (secondary N) is 1. The predicted octanol–water partition coefficient (Wildman–Crippen LogP) is 0.621. The molecular formula is C13H11N7O2. The van der Waals surface area contributed by atoms with Gasteiger partial charge in [0.1, 0.15) is 5.76 Å². The number of rotatable bonds is 5. The van der Waals surface area contributed by atoms with E-state index in [0.29, 0.717) is 12.1 Å². The van der Waals surface area contributed by atoms with Gasteiger partial charge in [0.2, 0.25) is 11.6 Å². The Labute approximate surface area is 124 Å². The highest BCUT2D eigenvalue weighted by Crippen LogP contribution is 2.12. The minimum Gasteiger partial charge on any atom is -0.507 e. The first-order chi connectivity index (χ1) is 10.7. The number of aliphatic hydroxyl groups is 1. The Hall–Kier alpha value is -3.36. The van der Waals surface area contributed by atoms with Gasteiger partial charge < -0.3 is 5.11 Å². The number of H-pyrrole nitrogens is 1. The predicted molar refractivity (Wildman–Crippen MR) is 74.7 cm³/mol. The first-order valence-corrected chi connectivity index (χ1v) is 6.32. The fourth-order valence-electron chi connectivity index (χ4n) is 1.80. The molecule has 3 rings (SSSR count). The van der Waals surface area contributed by atoms with Crippen LogP contribution in [-0.4, -0.2) is 46.3 Å². The molecule has 3 aromatic heterocycles. The molecule has 110 valence electrons. The number of aromatic amines is 1. The third-order valence-electron chi connectivity index (χ3n) is 2.86. The molecule has 0 aliphatic carbocycles. The summed E-state index contributed by atoms with van der Waals surface area (Å²) in [6.45, 7) is 0.536. The minimum absolute atomic E-state index is 0.115. The van der Waals surface area contributed by atoms with E-state index in [4.69, 9.17) is 0 Å². The Balaban J connectivity index is 1.74. The second kappa shape index (κ2) is 5.95. The quantitative estimate of drug-likeness (QED) is 0.402. The Morgan fingerprint density at radius 1 is 1.36 bits per heavy atom. The van der Waals surface area contributed by atoms with Crippen molar-refractivity contribution < 1.29 is 9.90 Å². The van der Waals surface area contributed by atoms with Gasteiger partial charge in [-0.15, -0.1) is 10.2 Å². The number of nitrogens with zero attached hydrogens (tertiary/aromatic N) is 6. The standard InChI is InChI=1S/C13H11N7O2/c21-11(5-12(22)13-16-18-19-17-13)10-6-15-20(8-10)7-9-1-3-14-4-2-9/h1-6,8,21H,7H2,(H,16,17,18,19). The topological polar surface area (TPSA) is 122 Å². The molecule has 22 heavy (non-hydrogen) atoms. The molecule has 0 radical (unpaired) electrons. The lowest BCUT2D eigenvalue weighted by Crippen LogP contribution is -2.00. The normalized spacial score (nSPS) is 11.5. The van der Waals surface area contributed by atoms with E-state index in [0.717, 1.165) is 11.6 Å². The van der Waals surface area contributed by atoms with Gasteiger partial charge in [0.25, 0.3) is 0 Å². The second-order valence-electron chi connectivity index (χ2n) is 4.41. The van der Waals surface area contributed by atoms with Crippen LogP contribution in [0.1, 0.15) is 21.7 Å². The molecule has 0 unspecified atom stereocenters. The molecule has 0 spiro atoms. The lowest BCUT2D eigenvalue weighted by molar-refractivity contribution is 0.103. The summed E-state index contributed by atoms with van der Waals surface area (Å²) in [6, 6.07) is 3.74. The van der Waals surface area contributed by atoms with Crippen LogP contribution in [0.25, 0.3) is 5.76 Å². The van der Waals surface area contributed by atoms with E-state index in [1.165, 1.54) is 6.20 Å². The van der Waals surface area contributed by atoms with Crippen molar-refractivity contribution in [2.75, 3.05) is 0 Å². The number of aliphatic hydroxyl groups excluding tert-OH is 1. The number of hydrogen-bond acceptors (Lipinski definition) is 7. The molecule has 9 nitrogen and oxygen atoms in total. The second-order valence-corrected chi connectivity index (χ2v) is 4.41. The fraction of sp³-hybridized carbons (Fsp3) is 0.0769. The smallest absolute Gasteiger partial charge is 0.244 e. The van der Waals surface area contributed by atoms with E-state index in [9.17, 15) is 9.90 Å². The van der Waals surface area contributed by atoms with Gasteiger partial charge in [0, 0.05) is 24.7 Å². The Bertz CT molecular complexity index is 793. The van der Waals surface area contributed by atoms with Crippen molar-refractivity contribution in [1.29, 1.82) is 0 Å². The fourth-order valence-corrected chi connectivity index (χ4v) is 1.80. The van der Waals surface area contributed by atoms with Crippen LogP contribution >= 0.6 is 0 Å². The molecular weight excluding hydrogens is 286 g/mol. The number of carbonyl (C=O) groups excluding carboxylic acids is 1. The van der Waals surface area contributed by atoms with E-state index in [-0.39, 0.29) is 11.6 Å². The summed E-state index contributed by atoms with van der Waals surface area (Å²) in [5.74, 6) is -0.875. The van der Waals surface area contributed by atoms with Gasteiger partial charge >= 0.3 is 0 Å². The van der Waals surface area contributed by atoms with Gasteiger partial charge in [0.05, 0.1) is 18.3 Å². The Kier molecular flexibility index (Phi) is 3.69. The molecule has 3 aromatic rings. The van der Waals surface area contributed by atoms with Crippen LogP contribution in [0.5, 0.6) is 0 Å². The Morgan fingerprint density at radius 3 is 2.91 bits per heavy atom. The summed E-state index contributed by atoms with van der Waals surface area (Å²) in [4.78, 5) is 15.7. The molecule has 0 aliphatic rings. The van der Waals surface area contributed by atoms with Gasteiger partial charge in [-0.1, -0.05) is 0 Å². The average molecular weight is 297 g/mol. The largest absolute Gasteiger partial charge is 0.507 e. The first kappa shape index (κ1) is 13.6. The van der Waals surface area contributed by atoms with Crippen LogP contribution in [0.4, 0.5) is 0 Å². The van der Waals surface area contributed by atoms with Gasteiger partial charge in [-0.05, 0) is 22.9 Å². The zero-order chi connectivity index (χ0) is 15.4. The van der Waals surface area contributed by atoms with Crippen molar-refractivity contribution in [3.63, 3.8) is 0 Å². The number of carbonyl (C=O) groups is 1. The van der Waals surface area contributed by atoms with Gasteiger partial charge in [-0.2, -0.15) is 10.3 Å². The van der Waals surface area contributed by atoms with Crippen molar-refractivity contribution in [3.05, 3.63) is 59.9 Å². The molecule has 0 atom stereocenters. The molecule has 0 fully saturated rings. The van der Waals surface area contributed by atoms with E-state index < -0.39 is 5.78 Å². The molecule has 2 N–H and O–H groups in total. The maximum Gasteiger partial charge on any atom is 0.244 e. The molecule has 0 saturated heterocycles. The van der Waals surface area contributed by atoms with Crippen molar-refractivity contribution in [2.24, 2.45) is 0 Å². The average Bonchev–Trinajstić information content (AvgIpc) is 3.19. The molecule has 0 saturated carbocycles. The van der Waals surface area contributed by atoms with Crippen LogP contribution in [-0.2, 0) is 6.54 Å². The molecule has 3 heterocycles. The zero-order valence-electron chi connectivity index (χ0n) is 11.3. The molecule has 0 aromatic carbocycles. The van der Waals surface area contributed by atoms with Crippen LogP contribution in [0, 0.1) is 0 Å². The molecule has 0 bridgehead atoms. The Morgan fingerprint density at radius 2 is 2.18 bits per heavy atom. The van der Waals surface area contributed by atoms with E-state index >= 15 is 0 Å². The van der Waals surface area contributed by atoms with Crippen LogP contribution < -0.4 is 0 Å². The van der Waals surface area contributed by atoms with E-state index in [1.807, 2.05) is 12.1 Å². The number of ketones is 1. The van der Waals surface area contributed by atoms with E-state index in [1.54, 1.807) is 23.3 Å². The lowest BCUT2D eigenvalue weighted by Gasteiger charge is -2.00. The summed E-state index contributed by atoms with van der Waals surface area (Å²) < 4.78 is 1.65. The summed E-state index contributed by atoms with van der Waals surface area (Å²) >= 11 is 0. The number of aromatic nitrogens is 7. The lowest BCUT2D eigenvalue weighted by atomic mass is 10.2. The van der Waals surface area contributed by atoms with Crippen molar-refractivity contribution in [1.82, 2.24) is 35.4 Å². The van der Waals surface area contributed by atoms with Crippen molar-refractivity contribution in [3.8, 4) is 0 Å². The first-order valence-electron chi connectivity index (χ1n) is 6.32. The molecule has 0 amide bonds. The maximum atomic E-state index is 11.7. The maximum absolute atomic E-state index is 11.7. The minimum atomic E-state index is -0.548. The third-order valence-corrected chi connectivity index (χ3v) is 2.86. The highest BCUT2D eigenvalue weighted by Gasteiger charge is 2.11. The summed E-state index contributed by atoms with van der Waals surface area (Å²) in [6.07, 6.45) is 7.52. The third kappa shape index (κ3) is 3.03. The number of pyridine rings is 1. The van der Waals surface area contributed by atoms with Crippen LogP contribution in [0.15, 0.2) is 43.0 Å². The van der Waals surface area contributed by atoms with Crippen LogP contribution in [0.2, 0.25) is 0 Å². The highest BCUT2D eigenvalue weighted by molar-refractivity contribution is 6.05. The van der Waals surface area contributed by atoms with Gasteiger partial charge in [-0.3, -0.25) is 14.5 Å². The number of allylic oxidation sites excluding steroid dienone is 1. The van der Waals surface area contributed by atoms with Crippen molar-refractivity contribution >= 4 is 11.5 Å². The zero-order valence-corrected chi connectivity index (χ0v) is 11.3. The molecule has 0 aliphatic heterocycles. The summed E-state index contributed by atoms with van der Waals surface area (Å²) in [5, 5.41) is 26.6. The summed E-state index contributed by atoms with van der Waals surface area (Å²) in [5.41, 5.74) is 1.45. The number of tetrazole rings is 1. The van der Waals surface area contributed by atoms with Gasteiger partial charge in [0.15, 0.2) is 0 Å². The monoisotopic (exact) mass is 297 g/mol. The highest BCUT2D eigenvalue weighted by atomic mass is 16.3. The van der Waals surface area contributed by atoms with E-state index in [2.05, 4.69) is 30.7 Å². The molecule has 9 heteroatoms. The van der Waals surface area contributed by atoms with Crippen LogP contribution in [0.3, 0.4) is 0 Å². The SMILES string of the molecule is O=C(C=C(O)c1cnn(Cc2ccncc2)c1)c1nn[nH]n1. The van der Waals surface area contributed by atoms with Crippen molar-refractivity contribution in [2.45, 2.75) is 6.54 Å². The van der Waals surface area contributed by atoms with Gasteiger partial charge in [-0.25, -0.2) is 0 Å².